The molecule has 1 heterocycles. The van der Waals surface area contributed by atoms with E-state index in [0.29, 0.717) is 16.8 Å². The van der Waals surface area contributed by atoms with Crippen molar-refractivity contribution in [2.24, 2.45) is 5.14 Å². The van der Waals surface area contributed by atoms with Gasteiger partial charge in [0.2, 0.25) is 15.9 Å². The van der Waals surface area contributed by atoms with Crippen molar-refractivity contribution in [1.29, 1.82) is 0 Å². The first-order valence-electron chi connectivity index (χ1n) is 9.00. The Bertz CT molecular complexity index is 964. The topological polar surface area (TPSA) is 110 Å². The molecule has 0 aliphatic carbocycles. The van der Waals surface area contributed by atoms with E-state index < -0.39 is 16.1 Å². The van der Waals surface area contributed by atoms with Gasteiger partial charge in [-0.1, -0.05) is 24.8 Å². The van der Waals surface area contributed by atoms with Gasteiger partial charge in [-0.25, -0.2) is 18.4 Å². The molecule has 0 radical (unpaired) electrons. The van der Waals surface area contributed by atoms with Crippen molar-refractivity contribution < 1.29 is 22.7 Å². The van der Waals surface area contributed by atoms with E-state index in [4.69, 9.17) is 9.88 Å². The highest BCUT2D eigenvalue weighted by molar-refractivity contribution is 7.89. The molecule has 2 amide bonds. The summed E-state index contributed by atoms with van der Waals surface area (Å²) in [4.78, 5) is 27.4. The summed E-state index contributed by atoms with van der Waals surface area (Å²) in [6, 6.07) is 5.76. The van der Waals surface area contributed by atoms with Gasteiger partial charge in [0.05, 0.1) is 23.2 Å². The minimum Gasteiger partial charge on any atom is -0.449 e. The third-order valence-electron chi connectivity index (χ3n) is 4.40. The molecule has 0 spiro atoms. The number of ether oxygens (including phenoxy) is 1. The van der Waals surface area contributed by atoms with Gasteiger partial charge in [0.15, 0.2) is 0 Å². The maximum Gasteiger partial charge on any atom is 0.414 e. The van der Waals surface area contributed by atoms with Crippen LogP contribution in [-0.4, -0.2) is 49.4 Å². The minimum absolute atomic E-state index is 0.00808. The number of sulfonamides is 1. The summed E-state index contributed by atoms with van der Waals surface area (Å²) in [5, 5.41) is 5.13. The van der Waals surface area contributed by atoms with Gasteiger partial charge in [0, 0.05) is 19.7 Å². The number of nitrogens with zero attached hydrogens (tertiary/aromatic N) is 2. The van der Waals surface area contributed by atoms with Gasteiger partial charge in [0.25, 0.3) is 0 Å². The van der Waals surface area contributed by atoms with Crippen LogP contribution in [-0.2, 0) is 19.6 Å². The number of hydrogen-bond donors (Lipinski definition) is 1. The first-order chi connectivity index (χ1) is 13.6. The molecule has 156 valence electrons. The van der Waals surface area contributed by atoms with E-state index in [0.717, 1.165) is 0 Å². The predicted octanol–water partition coefficient (Wildman–Crippen LogP) is 2.45. The maximum atomic E-state index is 12.4. The molecule has 0 unspecified atom stereocenters. The summed E-state index contributed by atoms with van der Waals surface area (Å²) in [5.41, 5.74) is 1.76. The number of primary sulfonamides is 1. The number of nitrogens with two attached hydrogens (primary N) is 1. The molecule has 2 rings (SSSR count). The van der Waals surface area contributed by atoms with Crippen molar-refractivity contribution in [2.45, 2.75) is 31.7 Å². The second kappa shape index (κ2) is 9.06. The van der Waals surface area contributed by atoms with Crippen molar-refractivity contribution in [3.05, 3.63) is 60.5 Å². The summed E-state index contributed by atoms with van der Waals surface area (Å²) >= 11 is 0. The fourth-order valence-electron chi connectivity index (χ4n) is 2.95. The largest absolute Gasteiger partial charge is 0.449 e. The summed E-state index contributed by atoms with van der Waals surface area (Å²) in [6.45, 7) is 9.30. The lowest BCUT2D eigenvalue weighted by atomic mass is 10.0. The van der Waals surface area contributed by atoms with E-state index in [9.17, 15) is 18.0 Å². The van der Waals surface area contributed by atoms with Gasteiger partial charge >= 0.3 is 6.09 Å². The SMILES string of the molecule is C=C/C(=C\C1=CN(C(C)=O)[C@@H](C)CN1C(=O)OCC)c1ccc(S(N)(=O)=O)cc1. The molecule has 1 atom stereocenters. The van der Waals surface area contributed by atoms with Gasteiger partial charge in [-0.3, -0.25) is 9.69 Å². The lowest BCUT2D eigenvalue weighted by Gasteiger charge is -2.36. The fourth-order valence-corrected chi connectivity index (χ4v) is 3.47. The molecule has 1 aromatic carbocycles. The van der Waals surface area contributed by atoms with Gasteiger partial charge in [-0.15, -0.1) is 0 Å². The highest BCUT2D eigenvalue weighted by Gasteiger charge is 2.30. The van der Waals surface area contributed by atoms with E-state index in [1.54, 1.807) is 42.3 Å². The van der Waals surface area contributed by atoms with Gasteiger partial charge in [0.1, 0.15) is 0 Å². The Morgan fingerprint density at radius 3 is 2.41 bits per heavy atom. The van der Waals surface area contributed by atoms with Crippen LogP contribution in [0.5, 0.6) is 0 Å². The van der Waals surface area contributed by atoms with Crippen LogP contribution < -0.4 is 5.14 Å². The molecular weight excluding hydrogens is 394 g/mol. The molecule has 0 saturated carbocycles. The average molecular weight is 420 g/mol. The Kier molecular flexibility index (Phi) is 6.99. The molecule has 2 N–H and O–H groups in total. The zero-order valence-corrected chi connectivity index (χ0v) is 17.5. The molecule has 1 aliphatic heterocycles. The van der Waals surface area contributed by atoms with E-state index in [2.05, 4.69) is 6.58 Å². The minimum atomic E-state index is -3.80. The van der Waals surface area contributed by atoms with Crippen molar-refractivity contribution in [1.82, 2.24) is 9.80 Å². The molecular formula is C20H25N3O5S. The van der Waals surface area contributed by atoms with Crippen molar-refractivity contribution >= 4 is 27.6 Å². The first kappa shape index (κ1) is 22.4. The Labute approximate surface area is 171 Å². The van der Waals surface area contributed by atoms with E-state index >= 15 is 0 Å². The van der Waals surface area contributed by atoms with Gasteiger partial charge in [-0.2, -0.15) is 0 Å². The molecule has 0 aromatic heterocycles. The van der Waals surface area contributed by atoms with Crippen LogP contribution >= 0.6 is 0 Å². The Morgan fingerprint density at radius 1 is 1.31 bits per heavy atom. The third-order valence-corrected chi connectivity index (χ3v) is 5.33. The average Bonchev–Trinajstić information content (AvgIpc) is 2.66. The summed E-state index contributed by atoms with van der Waals surface area (Å²) in [7, 11) is -3.80. The van der Waals surface area contributed by atoms with Crippen LogP contribution in [0.15, 0.2) is 59.8 Å². The molecule has 0 saturated heterocycles. The van der Waals surface area contributed by atoms with Crippen molar-refractivity contribution in [2.75, 3.05) is 13.2 Å². The lowest BCUT2D eigenvalue weighted by molar-refractivity contribution is -0.128. The number of benzene rings is 1. The van der Waals surface area contributed by atoms with Crippen LogP contribution in [0.4, 0.5) is 4.79 Å². The molecule has 9 heteroatoms. The van der Waals surface area contributed by atoms with Crippen LogP contribution in [0.1, 0.15) is 26.3 Å². The molecule has 0 fully saturated rings. The lowest BCUT2D eigenvalue weighted by Crippen LogP contribution is -2.48. The number of rotatable bonds is 5. The Balaban J connectivity index is 2.50. The molecule has 29 heavy (non-hydrogen) atoms. The first-order valence-corrected chi connectivity index (χ1v) is 10.6. The monoisotopic (exact) mass is 419 g/mol. The second-order valence-corrected chi connectivity index (χ2v) is 8.07. The van der Waals surface area contributed by atoms with Crippen molar-refractivity contribution in [3.63, 3.8) is 0 Å². The number of allylic oxidation sites excluding steroid dienone is 3. The van der Waals surface area contributed by atoms with Gasteiger partial charge < -0.3 is 9.64 Å². The van der Waals surface area contributed by atoms with Crippen molar-refractivity contribution in [3.8, 4) is 0 Å². The highest BCUT2D eigenvalue weighted by atomic mass is 32.2. The standard InChI is InChI=1S/C20H25N3O5S/c1-5-16(17-7-9-19(10-8-17)29(21,26)27)11-18-13-22(15(4)24)14(3)12-23(18)20(25)28-6-2/h5,7-11,13-14H,1,6,12H2,2-4H3,(H2,21,26,27)/b16-11+/t14-/m0/s1. The summed E-state index contributed by atoms with van der Waals surface area (Å²) < 4.78 is 28.0. The van der Waals surface area contributed by atoms with E-state index in [1.807, 2.05) is 6.92 Å². The molecule has 1 aliphatic rings. The number of carbonyl (C=O) groups excluding carboxylic acids is 2. The van der Waals surface area contributed by atoms with Crippen LogP contribution in [0.2, 0.25) is 0 Å². The Morgan fingerprint density at radius 2 is 1.93 bits per heavy atom. The van der Waals surface area contributed by atoms with E-state index in [-0.39, 0.29) is 30.0 Å². The zero-order chi connectivity index (χ0) is 21.8. The third kappa shape index (κ3) is 5.33. The van der Waals surface area contributed by atoms with Crippen LogP contribution in [0, 0.1) is 0 Å². The maximum absolute atomic E-state index is 12.4. The number of amides is 2. The smallest absolute Gasteiger partial charge is 0.414 e. The quantitative estimate of drug-likeness (QED) is 0.737. The van der Waals surface area contributed by atoms with Gasteiger partial charge in [-0.05, 0) is 43.2 Å². The zero-order valence-electron chi connectivity index (χ0n) is 16.7. The molecule has 8 nitrogen and oxygen atoms in total. The molecule has 0 bridgehead atoms. The number of carbonyl (C=O) groups is 2. The highest BCUT2D eigenvalue weighted by Crippen LogP contribution is 2.25. The van der Waals surface area contributed by atoms with Crippen LogP contribution in [0.3, 0.4) is 0 Å². The van der Waals surface area contributed by atoms with E-state index in [1.165, 1.54) is 24.0 Å². The number of hydrogen-bond acceptors (Lipinski definition) is 5. The second-order valence-electron chi connectivity index (χ2n) is 6.51. The fraction of sp³-hybridized carbons (Fsp3) is 0.300. The van der Waals surface area contributed by atoms with Crippen LogP contribution in [0.25, 0.3) is 5.57 Å². The Hall–Kier alpha value is -2.91. The summed E-state index contributed by atoms with van der Waals surface area (Å²) in [5.74, 6) is -0.149. The normalized spacial score (nSPS) is 17.6. The molecule has 1 aromatic rings. The summed E-state index contributed by atoms with van der Waals surface area (Å²) in [6.07, 6.45) is 4.34. The predicted molar refractivity (Wildman–Crippen MR) is 110 cm³/mol.